The second-order valence-corrected chi connectivity index (χ2v) is 23.2. The van der Waals surface area contributed by atoms with Crippen LogP contribution in [0.1, 0.15) is 53.0 Å². The molecule has 0 aliphatic rings. The first kappa shape index (κ1) is 39.0. The molecular formula is C55H49FIrN4SSi-2. The van der Waals surface area contributed by atoms with Gasteiger partial charge in [-0.2, -0.15) is 11.3 Å². The number of thiophene rings is 1. The van der Waals surface area contributed by atoms with Crippen LogP contribution in [0.15, 0.2) is 134 Å². The zero-order valence-corrected chi connectivity index (χ0v) is 40.5. The summed E-state index contributed by atoms with van der Waals surface area (Å²) in [6, 6.07) is 49.2. The van der Waals surface area contributed by atoms with Crippen LogP contribution < -0.4 is 5.19 Å². The van der Waals surface area contributed by atoms with E-state index in [1.54, 1.807) is 37.4 Å². The van der Waals surface area contributed by atoms with Crippen molar-refractivity contribution in [2.24, 2.45) is 0 Å². The van der Waals surface area contributed by atoms with Crippen LogP contribution in [0.3, 0.4) is 0 Å². The Labute approximate surface area is 393 Å². The summed E-state index contributed by atoms with van der Waals surface area (Å²) in [6.45, 7) is 12.6. The molecule has 0 atom stereocenters. The van der Waals surface area contributed by atoms with Gasteiger partial charge in [-0.3, -0.25) is 9.37 Å². The first-order valence-electron chi connectivity index (χ1n) is 22.8. The fourth-order valence-corrected chi connectivity index (χ4v) is 11.2. The molecule has 1 radical (unpaired) electrons. The molecule has 4 aromatic heterocycles. The van der Waals surface area contributed by atoms with Gasteiger partial charge in [0.25, 0.3) is 0 Å². The smallest absolute Gasteiger partial charge is 0.114 e. The van der Waals surface area contributed by atoms with Gasteiger partial charge in [-0.1, -0.05) is 159 Å². The Morgan fingerprint density at radius 3 is 2.24 bits per heavy atom. The van der Waals surface area contributed by atoms with Gasteiger partial charge in [0.1, 0.15) is 4.83 Å². The Kier molecular flexibility index (Phi) is 11.1. The Morgan fingerprint density at radius 1 is 0.762 bits per heavy atom. The maximum absolute atomic E-state index is 14.7. The quantitative estimate of drug-likeness (QED) is 0.118. The van der Waals surface area contributed by atoms with E-state index in [0.717, 1.165) is 50.2 Å². The molecule has 0 aliphatic heterocycles. The first-order chi connectivity index (χ1) is 31.4. The van der Waals surface area contributed by atoms with Crippen LogP contribution in [0.5, 0.6) is 0 Å². The standard InChI is InChI=1S/C37H26N3S.C18H23FNSi.Ir/c1-23-10-8-11-24(2)33(23)31-21-19-29-28-16-9-17-30(35(28)41-37(29)39-31)36-38-32-20-18-26-14-6-7-15-27(26)34(32)40(36)22-25-12-4-3-5-13-25;1-12(2)15-10-16(20-11-17(15)21(4,5)6)14-9-7-8-13(3)18(14)19;/h3-16,18-21H,22H2,1-2H3;7-8,10-12H,1-6H3;/q2*-1;/i;3D3,12D;. The largest absolute Gasteiger partial charge is 0.359 e. The molecule has 10 aromatic rings. The van der Waals surface area contributed by atoms with Crippen molar-refractivity contribution in [3.8, 4) is 33.9 Å². The molecule has 4 nitrogen and oxygen atoms in total. The molecule has 0 fully saturated rings. The number of rotatable bonds is 7. The number of halogens is 1. The normalized spacial score (nSPS) is 13.0. The number of nitrogens with zero attached hydrogens (tertiary/aromatic N) is 4. The first-order valence-corrected chi connectivity index (χ1v) is 25.1. The van der Waals surface area contributed by atoms with Crippen LogP contribution in [-0.2, 0) is 26.7 Å². The number of aryl methyl sites for hydroxylation is 3. The van der Waals surface area contributed by atoms with E-state index in [0.29, 0.717) is 5.69 Å². The fourth-order valence-electron chi connectivity index (χ4n) is 8.42. The van der Waals surface area contributed by atoms with E-state index in [-0.39, 0.29) is 31.2 Å². The molecule has 0 saturated heterocycles. The van der Waals surface area contributed by atoms with E-state index in [2.05, 4.69) is 158 Å². The number of imidazole rings is 1. The maximum atomic E-state index is 14.7. The van der Waals surface area contributed by atoms with Crippen molar-refractivity contribution in [3.63, 3.8) is 0 Å². The molecule has 4 heterocycles. The summed E-state index contributed by atoms with van der Waals surface area (Å²) in [7, 11) is -1.74. The van der Waals surface area contributed by atoms with E-state index >= 15 is 0 Å². The second-order valence-electron chi connectivity index (χ2n) is 17.1. The Balaban J connectivity index is 0.000000203. The van der Waals surface area contributed by atoms with Crippen molar-refractivity contribution in [1.29, 1.82) is 0 Å². The summed E-state index contributed by atoms with van der Waals surface area (Å²) in [5.74, 6) is -0.761. The molecule has 0 unspecified atom stereocenters. The van der Waals surface area contributed by atoms with Crippen molar-refractivity contribution in [2.75, 3.05) is 0 Å². The van der Waals surface area contributed by atoms with Gasteiger partial charge in [0.05, 0.1) is 30.6 Å². The van der Waals surface area contributed by atoms with Crippen LogP contribution in [0.4, 0.5) is 4.39 Å². The van der Waals surface area contributed by atoms with Crippen LogP contribution in [-0.4, -0.2) is 27.6 Å². The average molecular weight is 1040 g/mol. The van der Waals surface area contributed by atoms with Gasteiger partial charge >= 0.3 is 0 Å². The summed E-state index contributed by atoms with van der Waals surface area (Å²) < 4.78 is 49.1. The second kappa shape index (κ2) is 17.9. The average Bonchev–Trinajstić information content (AvgIpc) is 3.84. The molecule has 317 valence electrons. The van der Waals surface area contributed by atoms with Gasteiger partial charge in [-0.15, -0.1) is 36.4 Å². The van der Waals surface area contributed by atoms with E-state index in [1.165, 1.54) is 60.6 Å². The third-order valence-corrected chi connectivity index (χ3v) is 14.7. The van der Waals surface area contributed by atoms with Gasteiger partial charge in [0, 0.05) is 55.1 Å². The minimum absolute atomic E-state index is 0. The van der Waals surface area contributed by atoms with Gasteiger partial charge in [-0.05, 0) is 74.9 Å². The summed E-state index contributed by atoms with van der Waals surface area (Å²) in [5, 5.41) is 5.84. The van der Waals surface area contributed by atoms with Crippen LogP contribution in [0, 0.1) is 38.6 Å². The Bertz CT molecular complexity index is 3440. The summed E-state index contributed by atoms with van der Waals surface area (Å²) in [4.78, 5) is 15.9. The molecule has 10 rings (SSSR count). The number of hydrogen-bond acceptors (Lipinski definition) is 4. The van der Waals surface area contributed by atoms with Gasteiger partial charge < -0.3 is 9.55 Å². The molecule has 0 bridgehead atoms. The van der Waals surface area contributed by atoms with Gasteiger partial charge in [0.15, 0.2) is 0 Å². The van der Waals surface area contributed by atoms with Crippen molar-refractivity contribution < 1.29 is 30.0 Å². The van der Waals surface area contributed by atoms with Gasteiger partial charge in [-0.25, -0.2) is 4.98 Å². The molecule has 0 spiro atoms. The molecular weight excluding hydrogens is 988 g/mol. The number of pyridine rings is 2. The minimum Gasteiger partial charge on any atom is -0.359 e. The Hall–Kier alpha value is -5.63. The Morgan fingerprint density at radius 2 is 1.49 bits per heavy atom. The van der Waals surface area contributed by atoms with E-state index < -0.39 is 26.6 Å². The van der Waals surface area contributed by atoms with E-state index in [4.69, 9.17) is 15.5 Å². The number of fused-ring (bicyclic) bond motifs is 6. The zero-order valence-electron chi connectivity index (χ0n) is 40.3. The van der Waals surface area contributed by atoms with Crippen LogP contribution in [0.2, 0.25) is 19.6 Å². The molecule has 0 saturated carbocycles. The fraction of sp³-hybridized carbons (Fsp3) is 0.182. The third-order valence-electron chi connectivity index (χ3n) is 11.5. The predicted octanol–water partition coefficient (Wildman–Crippen LogP) is 14.4. The molecule has 63 heavy (non-hydrogen) atoms. The third kappa shape index (κ3) is 8.46. The molecule has 6 aromatic carbocycles. The van der Waals surface area contributed by atoms with Crippen molar-refractivity contribution in [3.05, 3.63) is 179 Å². The van der Waals surface area contributed by atoms with Crippen molar-refractivity contribution in [1.82, 2.24) is 19.5 Å². The number of aromatic nitrogens is 4. The summed E-state index contributed by atoms with van der Waals surface area (Å²) in [5.41, 5.74) is 9.93. The van der Waals surface area contributed by atoms with E-state index in [9.17, 15) is 4.39 Å². The molecule has 0 amide bonds. The van der Waals surface area contributed by atoms with Gasteiger partial charge in [0.2, 0.25) is 0 Å². The minimum atomic E-state index is -2.54. The number of benzene rings is 6. The van der Waals surface area contributed by atoms with Crippen LogP contribution >= 0.6 is 11.3 Å². The van der Waals surface area contributed by atoms with Crippen molar-refractivity contribution in [2.45, 2.75) is 66.6 Å². The predicted molar refractivity (Wildman–Crippen MR) is 263 cm³/mol. The maximum Gasteiger partial charge on any atom is 0.114 e. The summed E-state index contributed by atoms with van der Waals surface area (Å²) >= 11 is 1.74. The number of hydrogen-bond donors (Lipinski definition) is 0. The van der Waals surface area contributed by atoms with Crippen LogP contribution in [0.25, 0.3) is 76.0 Å². The monoisotopic (exact) mass is 1040 g/mol. The molecule has 0 aliphatic carbocycles. The zero-order chi connectivity index (χ0) is 46.7. The summed E-state index contributed by atoms with van der Waals surface area (Å²) in [6.07, 6.45) is 1.71. The van der Waals surface area contributed by atoms with Crippen molar-refractivity contribution >= 4 is 66.7 Å². The molecule has 0 N–H and O–H groups in total. The SMILES string of the molecule is Cc1cccc(C)c1-c1ccc2c(n1)sc1c(-c3nc4ccc5ccccc5c4n3Cc3ccccc3)[c-]ccc12.[2H]C([2H])([2H])c1cc[c-]c(-c2cc(C([2H])(C)C)c([Si](C)(C)C)cn2)c1F.[Ir]. The topological polar surface area (TPSA) is 43.6 Å². The molecule has 8 heteroatoms. The van der Waals surface area contributed by atoms with E-state index in [1.807, 2.05) is 6.07 Å².